The van der Waals surface area contributed by atoms with Crippen molar-refractivity contribution in [3.05, 3.63) is 59.2 Å². The molecule has 2 aliphatic heterocycles. The van der Waals surface area contributed by atoms with E-state index in [1.807, 2.05) is 18.2 Å². The summed E-state index contributed by atoms with van der Waals surface area (Å²) in [5.74, 6) is 1.26. The largest absolute Gasteiger partial charge is 0.486 e. The van der Waals surface area contributed by atoms with Gasteiger partial charge in [0.2, 0.25) is 11.0 Å². The molecule has 2 aromatic carbocycles. The molecule has 0 bridgehead atoms. The van der Waals surface area contributed by atoms with Gasteiger partial charge >= 0.3 is 0 Å². The lowest BCUT2D eigenvalue weighted by Crippen LogP contribution is -2.46. The fourth-order valence-electron chi connectivity index (χ4n) is 4.54. The summed E-state index contributed by atoms with van der Waals surface area (Å²) in [7, 11) is 0. The maximum absolute atomic E-state index is 11.9. The second-order valence-electron chi connectivity index (χ2n) is 8.29. The van der Waals surface area contributed by atoms with E-state index in [-0.39, 0.29) is 16.9 Å². The molecule has 7 nitrogen and oxygen atoms in total. The molecule has 1 saturated heterocycles. The molecule has 2 heterocycles. The predicted molar refractivity (Wildman–Crippen MR) is 124 cm³/mol. The predicted octanol–water partition coefficient (Wildman–Crippen LogP) is 2.56. The summed E-state index contributed by atoms with van der Waals surface area (Å²) in [6.07, 6.45) is -0.00887. The first-order valence-corrected chi connectivity index (χ1v) is 11.3. The molecule has 0 aliphatic carbocycles. The number of nitrogens with one attached hydrogen (secondary N) is 1. The number of nitrogens with zero attached hydrogens (tertiary/aromatic N) is 1. The van der Waals surface area contributed by atoms with Crippen molar-refractivity contribution in [2.24, 2.45) is 0 Å². The molecule has 32 heavy (non-hydrogen) atoms. The standard InChI is InChI=1S/C24H28N2O5S/c1-15(27)25-20(23(28)16-6-7-21-22(12-16)31-11-10-30-21)14-26-9-8-17(13-26)18-4-2-3-5-19(18)24(29)32/h2-7,12,17,20,23,28H,8-11,13-14H2,1H3,(H,25,27)(H,29,32). The van der Waals surface area contributed by atoms with E-state index in [9.17, 15) is 14.7 Å². The maximum atomic E-state index is 11.9. The van der Waals surface area contributed by atoms with Gasteiger partial charge in [0, 0.05) is 25.6 Å². The quantitative estimate of drug-likeness (QED) is 0.555. The van der Waals surface area contributed by atoms with E-state index < -0.39 is 12.1 Å². The normalized spacial score (nSPS) is 19.9. The van der Waals surface area contributed by atoms with Gasteiger partial charge in [-0.3, -0.25) is 9.59 Å². The molecule has 0 radical (unpaired) electrons. The van der Waals surface area contributed by atoms with Gasteiger partial charge in [-0.25, -0.2) is 0 Å². The van der Waals surface area contributed by atoms with Crippen LogP contribution >= 0.6 is 12.6 Å². The van der Waals surface area contributed by atoms with Crippen molar-refractivity contribution in [1.29, 1.82) is 0 Å². The summed E-state index contributed by atoms with van der Waals surface area (Å²) in [6.45, 7) is 4.45. The number of amides is 1. The van der Waals surface area contributed by atoms with Gasteiger partial charge in [0.1, 0.15) is 19.3 Å². The highest BCUT2D eigenvalue weighted by molar-refractivity contribution is 7.97. The fourth-order valence-corrected chi connectivity index (χ4v) is 4.74. The number of ether oxygens (including phenoxy) is 2. The van der Waals surface area contributed by atoms with Gasteiger partial charge in [-0.1, -0.05) is 30.3 Å². The Morgan fingerprint density at radius 2 is 1.94 bits per heavy atom. The highest BCUT2D eigenvalue weighted by Gasteiger charge is 2.31. The van der Waals surface area contributed by atoms with Crippen LogP contribution < -0.4 is 14.8 Å². The molecule has 0 aromatic heterocycles. The third kappa shape index (κ3) is 5.09. The summed E-state index contributed by atoms with van der Waals surface area (Å²) in [6, 6.07) is 12.4. The van der Waals surface area contributed by atoms with E-state index in [0.29, 0.717) is 42.4 Å². The number of carbonyl (C=O) groups excluding carboxylic acids is 2. The van der Waals surface area contributed by atoms with Crippen LogP contribution in [0.4, 0.5) is 0 Å². The zero-order valence-electron chi connectivity index (χ0n) is 18.0. The number of aliphatic hydroxyl groups excluding tert-OH is 1. The molecule has 4 rings (SSSR count). The number of hydrogen-bond acceptors (Lipinski definition) is 6. The molecule has 2 aromatic rings. The third-order valence-corrected chi connectivity index (χ3v) is 6.28. The van der Waals surface area contributed by atoms with Crippen molar-refractivity contribution in [2.75, 3.05) is 32.8 Å². The van der Waals surface area contributed by atoms with Crippen LogP contribution in [-0.2, 0) is 4.79 Å². The molecule has 0 saturated carbocycles. The van der Waals surface area contributed by atoms with E-state index in [0.717, 1.165) is 25.1 Å². The van der Waals surface area contributed by atoms with Gasteiger partial charge in [0.25, 0.3) is 0 Å². The number of fused-ring (bicyclic) bond motifs is 1. The van der Waals surface area contributed by atoms with Gasteiger partial charge in [-0.05, 0) is 42.1 Å². The third-order valence-electron chi connectivity index (χ3n) is 6.04. The van der Waals surface area contributed by atoms with Crippen LogP contribution in [0.1, 0.15) is 46.9 Å². The molecule has 1 fully saturated rings. The first-order chi connectivity index (χ1) is 15.4. The second kappa shape index (κ2) is 9.94. The molecular weight excluding hydrogens is 428 g/mol. The zero-order chi connectivity index (χ0) is 22.7. The van der Waals surface area contributed by atoms with E-state index in [1.54, 1.807) is 24.3 Å². The number of rotatable bonds is 7. The lowest BCUT2D eigenvalue weighted by molar-refractivity contribution is -0.120. The van der Waals surface area contributed by atoms with Crippen molar-refractivity contribution < 1.29 is 24.2 Å². The van der Waals surface area contributed by atoms with E-state index in [4.69, 9.17) is 9.47 Å². The average molecular weight is 457 g/mol. The lowest BCUT2D eigenvalue weighted by atomic mass is 9.94. The molecule has 2 N–H and O–H groups in total. The Morgan fingerprint density at radius 3 is 2.69 bits per heavy atom. The molecule has 1 amide bonds. The number of carbonyl (C=O) groups is 2. The molecule has 3 atom stereocenters. The summed E-state index contributed by atoms with van der Waals surface area (Å²) in [5.41, 5.74) is 2.30. The second-order valence-corrected chi connectivity index (χ2v) is 8.70. The Kier molecular flexibility index (Phi) is 7.03. The lowest BCUT2D eigenvalue weighted by Gasteiger charge is -2.29. The fraction of sp³-hybridized carbons (Fsp3) is 0.417. The first-order valence-electron chi connectivity index (χ1n) is 10.8. The van der Waals surface area contributed by atoms with Crippen LogP contribution in [0.15, 0.2) is 42.5 Å². The Balaban J connectivity index is 1.48. The Hall–Kier alpha value is -2.55. The van der Waals surface area contributed by atoms with Crippen LogP contribution in [0.5, 0.6) is 11.5 Å². The molecule has 0 spiro atoms. The number of likely N-dealkylation sites (tertiary alicyclic amines) is 1. The summed E-state index contributed by atoms with van der Waals surface area (Å²) < 4.78 is 11.2. The minimum atomic E-state index is -0.903. The van der Waals surface area contributed by atoms with Gasteiger partial charge in [-0.15, -0.1) is 12.6 Å². The minimum absolute atomic E-state index is 0.201. The Morgan fingerprint density at radius 1 is 1.19 bits per heavy atom. The topological polar surface area (TPSA) is 88.1 Å². The van der Waals surface area contributed by atoms with Crippen molar-refractivity contribution >= 4 is 23.7 Å². The Labute approximate surface area is 193 Å². The van der Waals surface area contributed by atoms with E-state index in [2.05, 4.69) is 22.8 Å². The average Bonchev–Trinajstić information content (AvgIpc) is 3.26. The van der Waals surface area contributed by atoms with Crippen LogP contribution in [0.3, 0.4) is 0 Å². The molecule has 8 heteroatoms. The van der Waals surface area contributed by atoms with E-state index in [1.165, 1.54) is 6.92 Å². The van der Waals surface area contributed by atoms with Crippen molar-refractivity contribution in [1.82, 2.24) is 10.2 Å². The number of thiol groups is 1. The highest BCUT2D eigenvalue weighted by Crippen LogP contribution is 2.34. The SMILES string of the molecule is CC(=O)NC(CN1CCC(c2ccccc2C(=O)S)C1)C(O)c1ccc2c(c1)OCCO2. The first kappa shape index (κ1) is 22.6. The van der Waals surface area contributed by atoms with Crippen molar-refractivity contribution in [3.8, 4) is 11.5 Å². The van der Waals surface area contributed by atoms with Crippen molar-refractivity contribution in [3.63, 3.8) is 0 Å². The molecular formula is C24H28N2O5S. The summed E-state index contributed by atoms with van der Waals surface area (Å²) in [4.78, 5) is 26.0. The van der Waals surface area contributed by atoms with Gasteiger partial charge in [0.05, 0.1) is 6.04 Å². The molecule has 170 valence electrons. The zero-order valence-corrected chi connectivity index (χ0v) is 18.9. The highest BCUT2D eigenvalue weighted by atomic mass is 32.1. The van der Waals surface area contributed by atoms with Crippen LogP contribution in [0, 0.1) is 0 Å². The number of benzene rings is 2. The minimum Gasteiger partial charge on any atom is -0.486 e. The van der Waals surface area contributed by atoms with Crippen LogP contribution in [0.25, 0.3) is 0 Å². The molecule has 3 unspecified atom stereocenters. The van der Waals surface area contributed by atoms with Crippen LogP contribution in [-0.4, -0.2) is 59.9 Å². The smallest absolute Gasteiger partial charge is 0.217 e. The summed E-state index contributed by atoms with van der Waals surface area (Å²) >= 11 is 4.02. The number of aliphatic hydroxyl groups is 1. The Bertz CT molecular complexity index is 998. The monoisotopic (exact) mass is 456 g/mol. The molecule has 2 aliphatic rings. The van der Waals surface area contributed by atoms with Gasteiger partial charge in [0.15, 0.2) is 11.5 Å². The van der Waals surface area contributed by atoms with Crippen LogP contribution in [0.2, 0.25) is 0 Å². The summed E-state index contributed by atoms with van der Waals surface area (Å²) in [5, 5.41) is 13.8. The van der Waals surface area contributed by atoms with Crippen molar-refractivity contribution in [2.45, 2.75) is 31.4 Å². The van der Waals surface area contributed by atoms with Gasteiger partial charge < -0.3 is 24.8 Å². The maximum Gasteiger partial charge on any atom is 0.217 e. The number of hydrogen-bond donors (Lipinski definition) is 3. The van der Waals surface area contributed by atoms with Gasteiger partial charge in [-0.2, -0.15) is 0 Å². The van der Waals surface area contributed by atoms with E-state index >= 15 is 0 Å².